The number of hydrogen-bond acceptors (Lipinski definition) is 6. The summed E-state index contributed by atoms with van der Waals surface area (Å²) in [5.41, 5.74) is 1.70. The summed E-state index contributed by atoms with van der Waals surface area (Å²) < 4.78 is 10.6. The molecule has 1 aromatic heterocycles. The Hall–Kier alpha value is -2.83. The van der Waals surface area contributed by atoms with E-state index >= 15 is 0 Å². The number of ether oxygens (including phenoxy) is 2. The number of benzene rings is 1. The molecule has 0 aliphatic carbocycles. The lowest BCUT2D eigenvalue weighted by molar-refractivity contribution is 0.0694. The minimum absolute atomic E-state index is 0.153. The van der Waals surface area contributed by atoms with Gasteiger partial charge in [0, 0.05) is 12.7 Å². The summed E-state index contributed by atoms with van der Waals surface area (Å²) in [6, 6.07) is 5.68. The first kappa shape index (κ1) is 15.1. The van der Waals surface area contributed by atoms with Gasteiger partial charge in [-0.25, -0.2) is 14.8 Å². The molecule has 3 rings (SSSR count). The Bertz CT molecular complexity index is 733. The fourth-order valence-corrected chi connectivity index (χ4v) is 2.34. The average Bonchev–Trinajstić information content (AvgIpc) is 3.01. The molecule has 0 radical (unpaired) electrons. The Morgan fingerprint density at radius 3 is 2.96 bits per heavy atom. The average molecular weight is 315 g/mol. The third kappa shape index (κ3) is 3.33. The van der Waals surface area contributed by atoms with Crippen LogP contribution in [0.4, 0.5) is 5.95 Å². The Morgan fingerprint density at radius 1 is 1.35 bits per heavy atom. The van der Waals surface area contributed by atoms with E-state index in [1.807, 2.05) is 25.1 Å². The second kappa shape index (κ2) is 6.51. The topological polar surface area (TPSA) is 93.6 Å². The maximum Gasteiger partial charge on any atom is 0.339 e. The highest BCUT2D eigenvalue weighted by Gasteiger charge is 2.14. The van der Waals surface area contributed by atoms with Crippen LogP contribution in [0.15, 0.2) is 24.4 Å². The Labute approximate surface area is 133 Å². The SMILES string of the molecule is CCCc1nc(NCc2ccc3c(c2)OCO3)ncc1C(=O)O. The molecule has 7 heteroatoms. The van der Waals surface area contributed by atoms with Gasteiger partial charge in [0.25, 0.3) is 0 Å². The van der Waals surface area contributed by atoms with Crippen LogP contribution in [-0.2, 0) is 13.0 Å². The number of aryl methyl sites for hydroxylation is 1. The number of carboxylic acids is 1. The van der Waals surface area contributed by atoms with Gasteiger partial charge in [0.1, 0.15) is 0 Å². The lowest BCUT2D eigenvalue weighted by Gasteiger charge is -2.09. The lowest BCUT2D eigenvalue weighted by atomic mass is 10.1. The number of aromatic nitrogens is 2. The highest BCUT2D eigenvalue weighted by atomic mass is 16.7. The van der Waals surface area contributed by atoms with E-state index in [0.717, 1.165) is 23.5 Å². The Kier molecular flexibility index (Phi) is 4.27. The fourth-order valence-electron chi connectivity index (χ4n) is 2.34. The molecule has 0 fully saturated rings. The van der Waals surface area contributed by atoms with Gasteiger partial charge in [0.2, 0.25) is 12.7 Å². The first-order chi connectivity index (χ1) is 11.2. The highest BCUT2D eigenvalue weighted by molar-refractivity contribution is 5.88. The van der Waals surface area contributed by atoms with Crippen molar-refractivity contribution >= 4 is 11.9 Å². The number of carbonyl (C=O) groups is 1. The molecule has 1 aliphatic heterocycles. The molecule has 2 N–H and O–H groups in total. The minimum atomic E-state index is -1.00. The predicted octanol–water partition coefficient (Wildman–Crippen LogP) is 2.47. The zero-order valence-corrected chi connectivity index (χ0v) is 12.7. The molecule has 0 saturated carbocycles. The monoisotopic (exact) mass is 315 g/mol. The van der Waals surface area contributed by atoms with Gasteiger partial charge in [-0.15, -0.1) is 0 Å². The molecular weight excluding hydrogens is 298 g/mol. The molecule has 7 nitrogen and oxygen atoms in total. The zero-order valence-electron chi connectivity index (χ0n) is 12.7. The van der Waals surface area contributed by atoms with E-state index in [4.69, 9.17) is 14.6 Å². The van der Waals surface area contributed by atoms with E-state index in [9.17, 15) is 4.79 Å². The van der Waals surface area contributed by atoms with Gasteiger partial charge in [-0.05, 0) is 24.1 Å². The molecule has 23 heavy (non-hydrogen) atoms. The summed E-state index contributed by atoms with van der Waals surface area (Å²) in [4.78, 5) is 19.6. The fraction of sp³-hybridized carbons (Fsp3) is 0.312. The van der Waals surface area contributed by atoms with Crippen LogP contribution in [-0.4, -0.2) is 27.8 Å². The van der Waals surface area contributed by atoms with Gasteiger partial charge in [0.05, 0.1) is 11.3 Å². The van der Waals surface area contributed by atoms with Crippen molar-refractivity contribution < 1.29 is 19.4 Å². The van der Waals surface area contributed by atoms with Gasteiger partial charge in [-0.2, -0.15) is 0 Å². The first-order valence-corrected chi connectivity index (χ1v) is 7.39. The number of nitrogens with one attached hydrogen (secondary N) is 1. The van der Waals surface area contributed by atoms with Crippen molar-refractivity contribution in [1.29, 1.82) is 0 Å². The summed E-state index contributed by atoms with van der Waals surface area (Å²) in [5, 5.41) is 12.3. The summed E-state index contributed by atoms with van der Waals surface area (Å²) in [5.74, 6) is 0.867. The molecule has 0 unspecified atom stereocenters. The van der Waals surface area contributed by atoms with Crippen LogP contribution in [0.2, 0.25) is 0 Å². The van der Waals surface area contributed by atoms with Crippen LogP contribution >= 0.6 is 0 Å². The van der Waals surface area contributed by atoms with Crippen LogP contribution in [0, 0.1) is 0 Å². The van der Waals surface area contributed by atoms with Crippen LogP contribution in [0.3, 0.4) is 0 Å². The molecule has 0 amide bonds. The number of fused-ring (bicyclic) bond motifs is 1. The van der Waals surface area contributed by atoms with Gasteiger partial charge < -0.3 is 19.9 Å². The summed E-state index contributed by atoms with van der Waals surface area (Å²) >= 11 is 0. The van der Waals surface area contributed by atoms with Crippen molar-refractivity contribution in [1.82, 2.24) is 9.97 Å². The van der Waals surface area contributed by atoms with Crippen LogP contribution in [0.5, 0.6) is 11.5 Å². The quantitative estimate of drug-likeness (QED) is 0.845. The third-order valence-corrected chi connectivity index (χ3v) is 3.47. The van der Waals surface area contributed by atoms with Crippen LogP contribution < -0.4 is 14.8 Å². The maximum absolute atomic E-state index is 11.2. The second-order valence-electron chi connectivity index (χ2n) is 5.15. The third-order valence-electron chi connectivity index (χ3n) is 3.47. The maximum atomic E-state index is 11.2. The summed E-state index contributed by atoms with van der Waals surface area (Å²) in [7, 11) is 0. The van der Waals surface area contributed by atoms with Crippen molar-refractivity contribution in [2.75, 3.05) is 12.1 Å². The van der Waals surface area contributed by atoms with Crippen molar-refractivity contribution in [3.63, 3.8) is 0 Å². The molecule has 120 valence electrons. The van der Waals surface area contributed by atoms with E-state index in [1.54, 1.807) is 0 Å². The minimum Gasteiger partial charge on any atom is -0.478 e. The molecule has 1 aliphatic rings. The van der Waals surface area contributed by atoms with E-state index in [0.29, 0.717) is 24.6 Å². The summed E-state index contributed by atoms with van der Waals surface area (Å²) in [6.07, 6.45) is 2.77. The van der Waals surface area contributed by atoms with E-state index in [2.05, 4.69) is 15.3 Å². The van der Waals surface area contributed by atoms with E-state index < -0.39 is 5.97 Å². The Morgan fingerprint density at radius 2 is 2.17 bits per heavy atom. The second-order valence-corrected chi connectivity index (χ2v) is 5.15. The number of nitrogens with zero attached hydrogens (tertiary/aromatic N) is 2. The highest BCUT2D eigenvalue weighted by Crippen LogP contribution is 2.32. The van der Waals surface area contributed by atoms with E-state index in [-0.39, 0.29) is 12.4 Å². The van der Waals surface area contributed by atoms with Gasteiger partial charge in [-0.1, -0.05) is 19.4 Å². The van der Waals surface area contributed by atoms with Gasteiger partial charge in [-0.3, -0.25) is 0 Å². The molecule has 1 aromatic carbocycles. The van der Waals surface area contributed by atoms with Crippen molar-refractivity contribution in [3.8, 4) is 11.5 Å². The van der Waals surface area contributed by atoms with Gasteiger partial charge >= 0.3 is 5.97 Å². The lowest BCUT2D eigenvalue weighted by Crippen LogP contribution is -2.10. The van der Waals surface area contributed by atoms with Crippen molar-refractivity contribution in [2.45, 2.75) is 26.3 Å². The normalized spacial score (nSPS) is 12.2. The molecular formula is C16H17N3O4. The zero-order chi connectivity index (χ0) is 16.2. The molecule has 0 bridgehead atoms. The summed E-state index contributed by atoms with van der Waals surface area (Å²) in [6.45, 7) is 2.73. The van der Waals surface area contributed by atoms with Gasteiger partial charge in [0.15, 0.2) is 11.5 Å². The number of anilines is 1. The van der Waals surface area contributed by atoms with Crippen LogP contribution in [0.25, 0.3) is 0 Å². The van der Waals surface area contributed by atoms with Crippen molar-refractivity contribution in [3.05, 3.63) is 41.2 Å². The first-order valence-electron chi connectivity index (χ1n) is 7.39. The number of rotatable bonds is 6. The molecule has 2 aromatic rings. The smallest absolute Gasteiger partial charge is 0.339 e. The van der Waals surface area contributed by atoms with Crippen LogP contribution in [0.1, 0.15) is 35.0 Å². The van der Waals surface area contributed by atoms with Crippen molar-refractivity contribution in [2.24, 2.45) is 0 Å². The molecule has 0 saturated heterocycles. The molecule has 0 atom stereocenters. The largest absolute Gasteiger partial charge is 0.478 e. The standard InChI is InChI=1S/C16H17N3O4/c1-2-3-12-11(15(20)21)8-18-16(19-12)17-7-10-4-5-13-14(6-10)23-9-22-13/h4-6,8H,2-3,7,9H2,1H3,(H,20,21)(H,17,18,19). The number of carboxylic acid groups (broad SMARTS) is 1. The Balaban J connectivity index is 1.72. The number of hydrogen-bond donors (Lipinski definition) is 2. The predicted molar refractivity (Wildman–Crippen MR) is 82.9 cm³/mol. The number of aromatic carboxylic acids is 1. The molecule has 2 heterocycles. The molecule has 0 spiro atoms. The van der Waals surface area contributed by atoms with E-state index in [1.165, 1.54) is 6.20 Å².